The first-order valence-electron chi connectivity index (χ1n) is 6.44. The Balaban J connectivity index is 2.36. The monoisotopic (exact) mass is 285 g/mol. The summed E-state index contributed by atoms with van der Waals surface area (Å²) in [6.07, 6.45) is 0. The van der Waals surface area contributed by atoms with Gasteiger partial charge in [0.2, 0.25) is 5.28 Å². The Hall–Kier alpha value is -0.910. The summed E-state index contributed by atoms with van der Waals surface area (Å²) in [5.74, 6) is 0.798. The maximum Gasteiger partial charge on any atom is 0.224 e. The van der Waals surface area contributed by atoms with E-state index < -0.39 is 5.41 Å². The van der Waals surface area contributed by atoms with Gasteiger partial charge < -0.3 is 14.7 Å². The van der Waals surface area contributed by atoms with Crippen LogP contribution in [0, 0.1) is 0 Å². The van der Waals surface area contributed by atoms with Gasteiger partial charge in [0.1, 0.15) is 5.82 Å². The molecule has 1 aliphatic heterocycles. The first-order chi connectivity index (χ1) is 8.94. The molecule has 106 valence electrons. The Kier molecular flexibility index (Phi) is 4.28. The highest BCUT2D eigenvalue weighted by Crippen LogP contribution is 2.26. The molecule has 1 aromatic rings. The Bertz CT molecular complexity index is 454. The average Bonchev–Trinajstić information content (AvgIpc) is 2.38. The first-order valence-corrected chi connectivity index (χ1v) is 6.82. The second-order valence-corrected chi connectivity index (χ2v) is 5.88. The van der Waals surface area contributed by atoms with Crippen molar-refractivity contribution in [2.75, 3.05) is 31.3 Å². The molecule has 0 amide bonds. The van der Waals surface area contributed by atoms with Gasteiger partial charge >= 0.3 is 0 Å². The summed E-state index contributed by atoms with van der Waals surface area (Å²) in [6, 6.07) is 2.16. The lowest BCUT2D eigenvalue weighted by Crippen LogP contribution is -2.44. The number of aliphatic hydroxyl groups is 1. The smallest absolute Gasteiger partial charge is 0.224 e. The molecule has 0 bridgehead atoms. The van der Waals surface area contributed by atoms with Crippen molar-refractivity contribution < 1.29 is 9.84 Å². The number of aromatic nitrogens is 2. The van der Waals surface area contributed by atoms with Gasteiger partial charge in [-0.3, -0.25) is 0 Å². The fourth-order valence-corrected chi connectivity index (χ4v) is 2.23. The molecule has 6 heteroatoms. The first kappa shape index (κ1) is 14.5. The number of anilines is 1. The Morgan fingerprint density at radius 1 is 1.53 bits per heavy atom. The number of rotatable bonds is 3. The Morgan fingerprint density at radius 3 is 2.89 bits per heavy atom. The minimum Gasteiger partial charge on any atom is -0.395 e. The molecule has 2 heterocycles. The molecule has 19 heavy (non-hydrogen) atoms. The Labute approximate surface area is 118 Å². The van der Waals surface area contributed by atoms with Crippen molar-refractivity contribution in [3.05, 3.63) is 17.0 Å². The number of hydrogen-bond donors (Lipinski definition) is 1. The number of hydrogen-bond acceptors (Lipinski definition) is 5. The van der Waals surface area contributed by atoms with E-state index in [0.717, 1.165) is 18.1 Å². The van der Waals surface area contributed by atoms with Crippen LogP contribution in [-0.2, 0) is 10.2 Å². The second kappa shape index (κ2) is 5.61. The molecular formula is C13H20ClN3O2. The van der Waals surface area contributed by atoms with E-state index in [4.69, 9.17) is 16.3 Å². The highest BCUT2D eigenvalue weighted by molar-refractivity contribution is 6.28. The third-order valence-corrected chi connectivity index (χ3v) is 3.60. The van der Waals surface area contributed by atoms with E-state index in [1.165, 1.54) is 0 Å². The highest BCUT2D eigenvalue weighted by atomic mass is 35.5. The van der Waals surface area contributed by atoms with Crippen LogP contribution in [0.2, 0.25) is 5.28 Å². The van der Waals surface area contributed by atoms with E-state index in [9.17, 15) is 5.11 Å². The lowest BCUT2D eigenvalue weighted by atomic mass is 9.90. The number of nitrogens with zero attached hydrogens (tertiary/aromatic N) is 3. The summed E-state index contributed by atoms with van der Waals surface area (Å²) in [5, 5.41) is 9.67. The molecule has 0 spiro atoms. The van der Waals surface area contributed by atoms with Crippen molar-refractivity contribution in [2.24, 2.45) is 0 Å². The van der Waals surface area contributed by atoms with Crippen molar-refractivity contribution >= 4 is 17.4 Å². The fourth-order valence-electron chi connectivity index (χ4n) is 2.05. The number of aliphatic hydroxyl groups excluding tert-OH is 1. The van der Waals surface area contributed by atoms with E-state index >= 15 is 0 Å². The molecule has 1 aliphatic rings. The van der Waals surface area contributed by atoms with Gasteiger partial charge in [-0.1, -0.05) is 13.8 Å². The minimum atomic E-state index is -0.434. The van der Waals surface area contributed by atoms with Gasteiger partial charge in [-0.15, -0.1) is 0 Å². The largest absolute Gasteiger partial charge is 0.395 e. The van der Waals surface area contributed by atoms with E-state index in [1.807, 2.05) is 19.9 Å². The zero-order chi connectivity index (χ0) is 14.0. The van der Waals surface area contributed by atoms with E-state index in [-0.39, 0.29) is 17.9 Å². The third-order valence-electron chi connectivity index (χ3n) is 3.44. The van der Waals surface area contributed by atoms with Gasteiger partial charge in [-0.25, -0.2) is 9.97 Å². The summed E-state index contributed by atoms with van der Waals surface area (Å²) in [5.41, 5.74) is 0.320. The van der Waals surface area contributed by atoms with Crippen LogP contribution in [0.1, 0.15) is 26.5 Å². The fraction of sp³-hybridized carbons (Fsp3) is 0.692. The number of morpholine rings is 1. The maximum atomic E-state index is 9.45. The molecule has 0 aliphatic carbocycles. The van der Waals surface area contributed by atoms with Gasteiger partial charge in [0.05, 0.1) is 31.6 Å². The SMILES string of the molecule is C[C@@H]1COCCN1c1cc(C(C)(C)CO)nc(Cl)n1. The van der Waals surface area contributed by atoms with E-state index in [1.54, 1.807) is 0 Å². The van der Waals surface area contributed by atoms with Gasteiger partial charge in [0.15, 0.2) is 0 Å². The predicted molar refractivity (Wildman–Crippen MR) is 74.8 cm³/mol. The van der Waals surface area contributed by atoms with Crippen molar-refractivity contribution in [1.82, 2.24) is 9.97 Å². The highest BCUT2D eigenvalue weighted by Gasteiger charge is 2.26. The summed E-state index contributed by atoms with van der Waals surface area (Å²) in [7, 11) is 0. The van der Waals surface area contributed by atoms with Gasteiger partial charge in [0.25, 0.3) is 0 Å². The molecule has 1 saturated heterocycles. The molecule has 1 aromatic heterocycles. The molecule has 0 radical (unpaired) electrons. The summed E-state index contributed by atoms with van der Waals surface area (Å²) in [4.78, 5) is 10.7. The normalized spacial score (nSPS) is 20.7. The van der Waals surface area contributed by atoms with Crippen LogP contribution in [-0.4, -0.2) is 47.5 Å². The van der Waals surface area contributed by atoms with Crippen LogP contribution in [0.25, 0.3) is 0 Å². The van der Waals surface area contributed by atoms with Crippen molar-refractivity contribution in [3.8, 4) is 0 Å². The summed E-state index contributed by atoms with van der Waals surface area (Å²) >= 11 is 6.02. The predicted octanol–water partition coefficient (Wildman–Crippen LogP) is 1.62. The van der Waals surface area contributed by atoms with Crippen LogP contribution in [0.4, 0.5) is 5.82 Å². The van der Waals surface area contributed by atoms with Gasteiger partial charge in [-0.2, -0.15) is 0 Å². The molecule has 1 N–H and O–H groups in total. The molecule has 5 nitrogen and oxygen atoms in total. The summed E-state index contributed by atoms with van der Waals surface area (Å²) < 4.78 is 5.42. The van der Waals surface area contributed by atoms with Crippen LogP contribution >= 0.6 is 11.6 Å². The van der Waals surface area contributed by atoms with Crippen LogP contribution in [0.3, 0.4) is 0 Å². The van der Waals surface area contributed by atoms with Gasteiger partial charge in [-0.05, 0) is 18.5 Å². The number of halogens is 1. The standard InChI is InChI=1S/C13H20ClN3O2/c1-9-7-19-5-4-17(9)11-6-10(13(2,3)8-18)15-12(14)16-11/h6,9,18H,4-5,7-8H2,1-3H3/t9-/m1/s1. The molecule has 0 unspecified atom stereocenters. The minimum absolute atomic E-state index is 0.0123. The zero-order valence-electron chi connectivity index (χ0n) is 11.6. The second-order valence-electron chi connectivity index (χ2n) is 5.54. The van der Waals surface area contributed by atoms with Crippen molar-refractivity contribution in [1.29, 1.82) is 0 Å². The molecule has 1 fully saturated rings. The van der Waals surface area contributed by atoms with E-state index in [0.29, 0.717) is 13.2 Å². The lowest BCUT2D eigenvalue weighted by Gasteiger charge is -2.35. The molecule has 1 atom stereocenters. The van der Waals surface area contributed by atoms with E-state index in [2.05, 4.69) is 21.8 Å². The van der Waals surface area contributed by atoms with Crippen molar-refractivity contribution in [3.63, 3.8) is 0 Å². The summed E-state index contributed by atoms with van der Waals surface area (Å²) in [6.45, 7) is 8.11. The van der Waals surface area contributed by atoms with Crippen molar-refractivity contribution in [2.45, 2.75) is 32.2 Å². The molecule has 0 saturated carbocycles. The quantitative estimate of drug-likeness (QED) is 0.856. The van der Waals surface area contributed by atoms with Crippen LogP contribution < -0.4 is 4.90 Å². The molecule has 2 rings (SSSR count). The topological polar surface area (TPSA) is 58.5 Å². The third kappa shape index (κ3) is 3.16. The molecule has 0 aromatic carbocycles. The van der Waals surface area contributed by atoms with Crippen LogP contribution in [0.15, 0.2) is 6.07 Å². The number of ether oxygens (including phenoxy) is 1. The average molecular weight is 286 g/mol. The molecular weight excluding hydrogens is 266 g/mol. The maximum absolute atomic E-state index is 9.45. The Morgan fingerprint density at radius 2 is 2.26 bits per heavy atom. The lowest BCUT2D eigenvalue weighted by molar-refractivity contribution is 0.0985. The van der Waals surface area contributed by atoms with Gasteiger partial charge in [0, 0.05) is 18.0 Å². The van der Waals surface area contributed by atoms with Crippen LogP contribution in [0.5, 0.6) is 0 Å². The zero-order valence-corrected chi connectivity index (χ0v) is 12.3.